The van der Waals surface area contributed by atoms with Crippen molar-refractivity contribution in [3.05, 3.63) is 41.3 Å². The third kappa shape index (κ3) is 2.88. The fourth-order valence-electron chi connectivity index (χ4n) is 3.27. The molecule has 1 aromatic heterocycles. The van der Waals surface area contributed by atoms with Gasteiger partial charge in [-0.05, 0) is 44.4 Å². The number of rotatable bonds is 2. The van der Waals surface area contributed by atoms with Gasteiger partial charge in [-0.25, -0.2) is 9.97 Å². The minimum Gasteiger partial charge on any atom is -0.380 e. The molecule has 0 atom stereocenters. The standard InChI is InChI=1S/C18H22N4O/c1-18(2)7-5-12-3-4-13(9-16(12)22-18)21-17-14-10-23-8-6-15(14)19-11-20-17/h3-4,9,11,22H,5-8,10H2,1-2H3,(H,19,20,21). The highest BCUT2D eigenvalue weighted by Gasteiger charge is 2.24. The lowest BCUT2D eigenvalue weighted by Crippen LogP contribution is -2.35. The van der Waals surface area contributed by atoms with Crippen LogP contribution >= 0.6 is 0 Å². The average molecular weight is 310 g/mol. The normalized spacial score (nSPS) is 18.5. The molecule has 0 saturated heterocycles. The van der Waals surface area contributed by atoms with E-state index in [1.54, 1.807) is 6.33 Å². The van der Waals surface area contributed by atoms with Crippen LogP contribution in [0, 0.1) is 0 Å². The highest BCUT2D eigenvalue weighted by atomic mass is 16.5. The molecular weight excluding hydrogens is 288 g/mol. The molecule has 2 N–H and O–H groups in total. The van der Waals surface area contributed by atoms with Gasteiger partial charge in [0.1, 0.15) is 12.1 Å². The summed E-state index contributed by atoms with van der Waals surface area (Å²) in [6.45, 7) is 5.80. The summed E-state index contributed by atoms with van der Waals surface area (Å²) in [5.74, 6) is 0.852. The molecule has 0 aliphatic carbocycles. The van der Waals surface area contributed by atoms with E-state index >= 15 is 0 Å². The van der Waals surface area contributed by atoms with Crippen LogP contribution in [0.2, 0.25) is 0 Å². The van der Waals surface area contributed by atoms with Crippen molar-refractivity contribution in [2.24, 2.45) is 0 Å². The number of fused-ring (bicyclic) bond motifs is 2. The van der Waals surface area contributed by atoms with Crippen LogP contribution in [-0.2, 0) is 24.2 Å². The average Bonchev–Trinajstić information content (AvgIpc) is 2.54. The summed E-state index contributed by atoms with van der Waals surface area (Å²) in [5.41, 5.74) is 5.94. The second-order valence-electron chi connectivity index (χ2n) is 6.96. The van der Waals surface area contributed by atoms with Crippen LogP contribution in [0.1, 0.15) is 37.1 Å². The van der Waals surface area contributed by atoms with Crippen LogP contribution in [0.3, 0.4) is 0 Å². The summed E-state index contributed by atoms with van der Waals surface area (Å²) < 4.78 is 5.56. The van der Waals surface area contributed by atoms with Gasteiger partial charge in [0.25, 0.3) is 0 Å². The second-order valence-corrected chi connectivity index (χ2v) is 6.96. The monoisotopic (exact) mass is 310 g/mol. The maximum absolute atomic E-state index is 5.56. The Morgan fingerprint density at radius 3 is 3.04 bits per heavy atom. The highest BCUT2D eigenvalue weighted by molar-refractivity contribution is 5.68. The van der Waals surface area contributed by atoms with Gasteiger partial charge in [-0.1, -0.05) is 6.07 Å². The van der Waals surface area contributed by atoms with Crippen molar-refractivity contribution in [3.63, 3.8) is 0 Å². The van der Waals surface area contributed by atoms with Gasteiger partial charge in [0.15, 0.2) is 0 Å². The van der Waals surface area contributed by atoms with Crippen LogP contribution in [-0.4, -0.2) is 22.1 Å². The topological polar surface area (TPSA) is 59.1 Å². The Labute approximate surface area is 136 Å². The zero-order chi connectivity index (χ0) is 15.9. The third-order valence-corrected chi connectivity index (χ3v) is 4.63. The first-order chi connectivity index (χ1) is 11.1. The van der Waals surface area contributed by atoms with E-state index in [1.165, 1.54) is 11.3 Å². The van der Waals surface area contributed by atoms with E-state index in [1.807, 2.05) is 0 Å². The van der Waals surface area contributed by atoms with E-state index in [-0.39, 0.29) is 5.54 Å². The summed E-state index contributed by atoms with van der Waals surface area (Å²) in [6.07, 6.45) is 4.76. The smallest absolute Gasteiger partial charge is 0.139 e. The number of anilines is 3. The van der Waals surface area contributed by atoms with Crippen LogP contribution in [0.15, 0.2) is 24.5 Å². The van der Waals surface area contributed by atoms with Crippen LogP contribution < -0.4 is 10.6 Å². The first-order valence-electron chi connectivity index (χ1n) is 8.19. The molecule has 0 unspecified atom stereocenters. The number of hydrogen-bond donors (Lipinski definition) is 2. The van der Waals surface area contributed by atoms with Gasteiger partial charge in [-0.3, -0.25) is 0 Å². The Balaban J connectivity index is 1.63. The van der Waals surface area contributed by atoms with Crippen molar-refractivity contribution in [1.29, 1.82) is 0 Å². The fraction of sp³-hybridized carbons (Fsp3) is 0.444. The summed E-state index contributed by atoms with van der Waals surface area (Å²) in [5, 5.41) is 7.07. The number of aryl methyl sites for hydroxylation is 1. The van der Waals surface area contributed by atoms with Gasteiger partial charge >= 0.3 is 0 Å². The van der Waals surface area contributed by atoms with Crippen molar-refractivity contribution in [2.75, 3.05) is 17.2 Å². The van der Waals surface area contributed by atoms with Gasteiger partial charge < -0.3 is 15.4 Å². The number of aromatic nitrogens is 2. The summed E-state index contributed by atoms with van der Waals surface area (Å²) in [4.78, 5) is 8.77. The van der Waals surface area contributed by atoms with Crippen LogP contribution in [0.25, 0.3) is 0 Å². The second kappa shape index (κ2) is 5.49. The van der Waals surface area contributed by atoms with Crippen LogP contribution in [0.5, 0.6) is 0 Å². The Bertz CT molecular complexity index is 742. The SMILES string of the molecule is CC1(C)CCc2ccc(Nc3ncnc4c3COCC4)cc2N1. The highest BCUT2D eigenvalue weighted by Crippen LogP contribution is 2.33. The van der Waals surface area contributed by atoms with Gasteiger partial charge in [0, 0.05) is 28.9 Å². The van der Waals surface area contributed by atoms with E-state index in [4.69, 9.17) is 4.74 Å². The van der Waals surface area contributed by atoms with E-state index < -0.39 is 0 Å². The Morgan fingerprint density at radius 2 is 2.13 bits per heavy atom. The van der Waals surface area contributed by atoms with Gasteiger partial charge in [-0.2, -0.15) is 0 Å². The molecule has 0 spiro atoms. The number of ether oxygens (including phenoxy) is 1. The minimum atomic E-state index is 0.146. The maximum atomic E-state index is 5.56. The Kier molecular flexibility index (Phi) is 3.45. The number of benzene rings is 1. The summed E-state index contributed by atoms with van der Waals surface area (Å²) in [7, 11) is 0. The minimum absolute atomic E-state index is 0.146. The van der Waals surface area contributed by atoms with E-state index in [0.29, 0.717) is 6.61 Å². The number of nitrogens with zero attached hydrogens (tertiary/aromatic N) is 2. The van der Waals surface area contributed by atoms with Crippen molar-refractivity contribution < 1.29 is 4.74 Å². The quantitative estimate of drug-likeness (QED) is 0.890. The molecule has 0 bridgehead atoms. The third-order valence-electron chi connectivity index (χ3n) is 4.63. The van der Waals surface area contributed by atoms with Crippen molar-refractivity contribution in [3.8, 4) is 0 Å². The molecule has 23 heavy (non-hydrogen) atoms. The number of nitrogens with one attached hydrogen (secondary N) is 2. The molecule has 0 fully saturated rings. The molecule has 5 heteroatoms. The molecule has 5 nitrogen and oxygen atoms in total. The zero-order valence-electron chi connectivity index (χ0n) is 13.6. The lowest BCUT2D eigenvalue weighted by atomic mass is 9.89. The van der Waals surface area contributed by atoms with Gasteiger partial charge in [0.05, 0.1) is 18.9 Å². The first kappa shape index (κ1) is 14.5. The molecule has 2 aromatic rings. The predicted octanol–water partition coefficient (Wildman–Crippen LogP) is 3.43. The largest absolute Gasteiger partial charge is 0.380 e. The van der Waals surface area contributed by atoms with E-state index in [9.17, 15) is 0 Å². The van der Waals surface area contributed by atoms with Crippen molar-refractivity contribution in [1.82, 2.24) is 9.97 Å². The molecule has 3 heterocycles. The molecule has 2 aliphatic heterocycles. The molecule has 2 aliphatic rings. The van der Waals surface area contributed by atoms with Crippen molar-refractivity contribution >= 4 is 17.2 Å². The Morgan fingerprint density at radius 1 is 1.22 bits per heavy atom. The zero-order valence-corrected chi connectivity index (χ0v) is 13.6. The molecule has 0 amide bonds. The van der Waals surface area contributed by atoms with Crippen LogP contribution in [0.4, 0.5) is 17.2 Å². The number of hydrogen-bond acceptors (Lipinski definition) is 5. The van der Waals surface area contributed by atoms with Gasteiger partial charge in [-0.15, -0.1) is 0 Å². The predicted molar refractivity (Wildman–Crippen MR) is 91.1 cm³/mol. The van der Waals surface area contributed by atoms with E-state index in [0.717, 1.165) is 48.6 Å². The Hall–Kier alpha value is -2.14. The maximum Gasteiger partial charge on any atom is 0.139 e. The van der Waals surface area contributed by atoms with Crippen molar-refractivity contribution in [2.45, 2.75) is 45.3 Å². The summed E-state index contributed by atoms with van der Waals surface area (Å²) >= 11 is 0. The lowest BCUT2D eigenvalue weighted by Gasteiger charge is -2.34. The summed E-state index contributed by atoms with van der Waals surface area (Å²) in [6, 6.07) is 6.50. The molecule has 4 rings (SSSR count). The molecular formula is C18H22N4O. The lowest BCUT2D eigenvalue weighted by molar-refractivity contribution is 0.109. The molecule has 0 saturated carbocycles. The molecule has 120 valence electrons. The fourth-order valence-corrected chi connectivity index (χ4v) is 3.27. The molecule has 0 radical (unpaired) electrons. The molecule has 1 aromatic carbocycles. The van der Waals surface area contributed by atoms with Gasteiger partial charge in [0.2, 0.25) is 0 Å². The van der Waals surface area contributed by atoms with E-state index in [2.05, 4.69) is 52.6 Å². The first-order valence-corrected chi connectivity index (χ1v) is 8.19.